The summed E-state index contributed by atoms with van der Waals surface area (Å²) in [5, 5.41) is 2.92. The van der Waals surface area contributed by atoms with Crippen molar-refractivity contribution >= 4 is 23.2 Å². The van der Waals surface area contributed by atoms with E-state index in [0.717, 1.165) is 35.6 Å². The van der Waals surface area contributed by atoms with Gasteiger partial charge in [0.05, 0.1) is 6.42 Å². The molecule has 34 heavy (non-hydrogen) atoms. The summed E-state index contributed by atoms with van der Waals surface area (Å²) < 4.78 is 10.6. The Labute approximate surface area is 198 Å². The average Bonchev–Trinajstić information content (AvgIpc) is 3.34. The number of aryl methyl sites for hydroxylation is 1. The Morgan fingerprint density at radius 2 is 1.62 bits per heavy atom. The molecule has 0 spiro atoms. The molecule has 0 atom stereocenters. The van der Waals surface area contributed by atoms with E-state index in [4.69, 9.17) is 9.47 Å². The van der Waals surface area contributed by atoms with Crippen molar-refractivity contribution in [2.75, 3.05) is 43.2 Å². The summed E-state index contributed by atoms with van der Waals surface area (Å²) in [7, 11) is 0. The van der Waals surface area contributed by atoms with Gasteiger partial charge < -0.3 is 24.6 Å². The van der Waals surface area contributed by atoms with Crippen molar-refractivity contribution < 1.29 is 19.1 Å². The van der Waals surface area contributed by atoms with Crippen molar-refractivity contribution in [1.82, 2.24) is 4.90 Å². The highest BCUT2D eigenvalue weighted by Gasteiger charge is 2.22. The van der Waals surface area contributed by atoms with E-state index in [1.807, 2.05) is 60.4 Å². The number of carbonyl (C=O) groups is 2. The van der Waals surface area contributed by atoms with Gasteiger partial charge in [-0.05, 0) is 60.5 Å². The molecule has 0 aliphatic carbocycles. The topological polar surface area (TPSA) is 71.1 Å². The molecule has 1 saturated heterocycles. The summed E-state index contributed by atoms with van der Waals surface area (Å²) in [5.74, 6) is 1.21. The molecule has 0 aromatic heterocycles. The third kappa shape index (κ3) is 4.69. The summed E-state index contributed by atoms with van der Waals surface area (Å²) in [6.07, 6.45) is 0.449. The third-order valence-corrected chi connectivity index (χ3v) is 6.36. The quantitative estimate of drug-likeness (QED) is 0.630. The molecule has 7 heteroatoms. The molecule has 7 nitrogen and oxygen atoms in total. The van der Waals surface area contributed by atoms with Crippen molar-refractivity contribution in [2.24, 2.45) is 0 Å². The van der Waals surface area contributed by atoms with Crippen LogP contribution in [0.1, 0.15) is 21.5 Å². The zero-order valence-electron chi connectivity index (χ0n) is 19.1. The van der Waals surface area contributed by atoms with E-state index < -0.39 is 0 Å². The normalized spacial score (nSPS) is 14.7. The fourth-order valence-corrected chi connectivity index (χ4v) is 4.29. The molecule has 3 aromatic carbocycles. The number of hydrogen-bond acceptors (Lipinski definition) is 5. The molecule has 174 valence electrons. The maximum atomic E-state index is 12.7. The van der Waals surface area contributed by atoms with Crippen molar-refractivity contribution in [2.45, 2.75) is 13.3 Å². The van der Waals surface area contributed by atoms with Crippen LogP contribution in [-0.2, 0) is 11.2 Å². The predicted octanol–water partition coefficient (Wildman–Crippen LogP) is 3.87. The van der Waals surface area contributed by atoms with Gasteiger partial charge in [-0.15, -0.1) is 0 Å². The van der Waals surface area contributed by atoms with Crippen LogP contribution in [-0.4, -0.2) is 49.7 Å². The lowest BCUT2D eigenvalue weighted by molar-refractivity contribution is -0.130. The number of rotatable bonds is 5. The Morgan fingerprint density at radius 3 is 2.38 bits per heavy atom. The van der Waals surface area contributed by atoms with Crippen LogP contribution in [0.25, 0.3) is 0 Å². The Hall–Kier alpha value is -4.00. The Bertz CT molecular complexity index is 1200. The summed E-state index contributed by atoms with van der Waals surface area (Å²) >= 11 is 0. The number of amides is 2. The van der Waals surface area contributed by atoms with E-state index in [2.05, 4.69) is 10.2 Å². The number of hydrogen-bond donors (Lipinski definition) is 1. The van der Waals surface area contributed by atoms with Crippen LogP contribution in [0.15, 0.2) is 66.7 Å². The summed E-state index contributed by atoms with van der Waals surface area (Å²) in [5.41, 5.74) is 4.55. The number of piperazine rings is 1. The molecular formula is C27H27N3O4. The molecule has 2 aliphatic rings. The fraction of sp³-hybridized carbons (Fsp3) is 0.259. The standard InChI is InChI=1S/C27H27N3O4/c1-19-4-2-3-5-20(19)17-26(31)30-14-12-29(13-15-30)23-9-7-22(8-10-23)28-27(32)21-6-11-24-25(16-21)34-18-33-24/h2-11,16H,12-15,17-18H2,1H3,(H,28,32). The van der Waals surface area contributed by atoms with Crippen LogP contribution >= 0.6 is 0 Å². The SMILES string of the molecule is Cc1ccccc1CC(=O)N1CCN(c2ccc(NC(=O)c3ccc4c(c3)OCO4)cc2)CC1. The van der Waals surface area contributed by atoms with Crippen molar-refractivity contribution in [3.05, 3.63) is 83.4 Å². The number of benzene rings is 3. The first-order valence-electron chi connectivity index (χ1n) is 11.4. The van der Waals surface area contributed by atoms with Gasteiger partial charge in [0.25, 0.3) is 5.91 Å². The van der Waals surface area contributed by atoms with Crippen molar-refractivity contribution in [3.8, 4) is 11.5 Å². The number of nitrogens with one attached hydrogen (secondary N) is 1. The highest BCUT2D eigenvalue weighted by molar-refractivity contribution is 6.04. The van der Waals surface area contributed by atoms with Crippen LogP contribution < -0.4 is 19.7 Å². The minimum absolute atomic E-state index is 0.176. The van der Waals surface area contributed by atoms with Gasteiger partial charge in [0.15, 0.2) is 11.5 Å². The van der Waals surface area contributed by atoms with Gasteiger partial charge >= 0.3 is 0 Å². The van der Waals surface area contributed by atoms with Gasteiger partial charge in [0, 0.05) is 43.1 Å². The van der Waals surface area contributed by atoms with Gasteiger partial charge in [-0.25, -0.2) is 0 Å². The van der Waals surface area contributed by atoms with Crippen LogP contribution in [0.3, 0.4) is 0 Å². The third-order valence-electron chi connectivity index (χ3n) is 6.36. The van der Waals surface area contributed by atoms with Crippen molar-refractivity contribution in [3.63, 3.8) is 0 Å². The van der Waals surface area contributed by atoms with E-state index in [1.54, 1.807) is 18.2 Å². The van der Waals surface area contributed by atoms with Gasteiger partial charge in [-0.2, -0.15) is 0 Å². The van der Waals surface area contributed by atoms with Gasteiger partial charge in [-0.3, -0.25) is 9.59 Å². The average molecular weight is 458 g/mol. The van der Waals surface area contributed by atoms with E-state index in [-0.39, 0.29) is 18.6 Å². The molecule has 0 unspecified atom stereocenters. The van der Waals surface area contributed by atoms with Crippen LogP contribution in [0.4, 0.5) is 11.4 Å². The molecule has 1 fully saturated rings. The second kappa shape index (κ2) is 9.47. The highest BCUT2D eigenvalue weighted by Crippen LogP contribution is 2.32. The van der Waals surface area contributed by atoms with E-state index in [1.165, 1.54) is 0 Å². The van der Waals surface area contributed by atoms with Crippen LogP contribution in [0, 0.1) is 6.92 Å². The monoisotopic (exact) mass is 457 g/mol. The Balaban J connectivity index is 1.14. The summed E-state index contributed by atoms with van der Waals surface area (Å²) in [6.45, 7) is 5.18. The van der Waals surface area contributed by atoms with Crippen molar-refractivity contribution in [1.29, 1.82) is 0 Å². The maximum absolute atomic E-state index is 12.7. The van der Waals surface area contributed by atoms with Gasteiger partial charge in [-0.1, -0.05) is 24.3 Å². The number of carbonyl (C=O) groups excluding carboxylic acids is 2. The van der Waals surface area contributed by atoms with Crippen LogP contribution in [0.2, 0.25) is 0 Å². The summed E-state index contributed by atoms with van der Waals surface area (Å²) in [4.78, 5) is 29.6. The second-order valence-corrected chi connectivity index (χ2v) is 8.54. The van der Waals surface area contributed by atoms with Gasteiger partial charge in [0.2, 0.25) is 12.7 Å². The molecule has 1 N–H and O–H groups in total. The lowest BCUT2D eigenvalue weighted by atomic mass is 10.1. The minimum Gasteiger partial charge on any atom is -0.454 e. The molecule has 0 radical (unpaired) electrons. The first-order valence-corrected chi connectivity index (χ1v) is 11.4. The van der Waals surface area contributed by atoms with Crippen LogP contribution in [0.5, 0.6) is 11.5 Å². The zero-order chi connectivity index (χ0) is 23.5. The first kappa shape index (κ1) is 21.8. The Kier molecular flexibility index (Phi) is 6.08. The fourth-order valence-electron chi connectivity index (χ4n) is 4.29. The van der Waals surface area contributed by atoms with E-state index >= 15 is 0 Å². The molecule has 0 bridgehead atoms. The molecule has 3 aromatic rings. The first-order chi connectivity index (χ1) is 16.6. The lowest BCUT2D eigenvalue weighted by Gasteiger charge is -2.36. The maximum Gasteiger partial charge on any atom is 0.255 e. The van der Waals surface area contributed by atoms with E-state index in [0.29, 0.717) is 36.6 Å². The largest absolute Gasteiger partial charge is 0.454 e. The number of fused-ring (bicyclic) bond motifs is 1. The van der Waals surface area contributed by atoms with E-state index in [9.17, 15) is 9.59 Å². The molecular weight excluding hydrogens is 430 g/mol. The number of anilines is 2. The molecule has 5 rings (SSSR count). The predicted molar refractivity (Wildman–Crippen MR) is 131 cm³/mol. The second-order valence-electron chi connectivity index (χ2n) is 8.54. The smallest absolute Gasteiger partial charge is 0.255 e. The summed E-state index contributed by atoms with van der Waals surface area (Å²) in [6, 6.07) is 21.0. The molecule has 2 amide bonds. The molecule has 0 saturated carbocycles. The highest BCUT2D eigenvalue weighted by atomic mass is 16.7. The molecule has 2 aliphatic heterocycles. The lowest BCUT2D eigenvalue weighted by Crippen LogP contribution is -2.49. The minimum atomic E-state index is -0.202. The number of nitrogens with zero attached hydrogens (tertiary/aromatic N) is 2. The Morgan fingerprint density at radius 1 is 0.882 bits per heavy atom. The number of ether oxygens (including phenoxy) is 2. The zero-order valence-corrected chi connectivity index (χ0v) is 19.1. The van der Waals surface area contributed by atoms with Gasteiger partial charge in [0.1, 0.15) is 0 Å². The molecule has 2 heterocycles.